The van der Waals surface area contributed by atoms with Crippen molar-refractivity contribution >= 4 is 54.5 Å². The van der Waals surface area contributed by atoms with Crippen LogP contribution < -0.4 is 24.0 Å². The van der Waals surface area contributed by atoms with Crippen LogP contribution in [0, 0.1) is 0 Å². The van der Waals surface area contributed by atoms with Gasteiger partial charge in [0, 0.05) is 87.2 Å². The van der Waals surface area contributed by atoms with Gasteiger partial charge in [-0.25, -0.2) is 0 Å². The number of nitrogens with zero attached hydrogens (tertiary/aromatic N) is 2. The first kappa shape index (κ1) is 90.2. The monoisotopic (exact) mass is 1430 g/mol. The van der Waals surface area contributed by atoms with E-state index in [0.29, 0.717) is 73.6 Å². The molecule has 0 aromatic heterocycles. The fraction of sp³-hybridized carbons (Fsp3) is 0.304. The minimum absolute atomic E-state index is 0.198. The van der Waals surface area contributed by atoms with Crippen molar-refractivity contribution in [3.8, 4) is 63.2 Å². The molecule has 564 valence electrons. The summed E-state index contributed by atoms with van der Waals surface area (Å²) in [5.74, 6) is 6.64. The van der Waals surface area contributed by atoms with E-state index in [1.54, 1.807) is 153 Å². The molecule has 8 N–H and O–H groups in total. The van der Waals surface area contributed by atoms with Crippen LogP contribution in [0.25, 0.3) is 43.1 Å². The van der Waals surface area contributed by atoms with Crippen LogP contribution in [0.3, 0.4) is 0 Å². The second-order valence-corrected chi connectivity index (χ2v) is 24.3. The Morgan fingerprint density at radius 1 is 0.314 bits per heavy atom. The van der Waals surface area contributed by atoms with Crippen molar-refractivity contribution in [2.24, 2.45) is 0 Å². The lowest BCUT2D eigenvalue weighted by atomic mass is 10.0. The van der Waals surface area contributed by atoms with Crippen LogP contribution in [-0.2, 0) is 0 Å². The van der Waals surface area contributed by atoms with Crippen LogP contribution in [0.15, 0.2) is 237 Å². The zero-order valence-corrected chi connectivity index (χ0v) is 66.1. The second-order valence-electron chi connectivity index (χ2n) is 24.3. The first-order valence-corrected chi connectivity index (χ1v) is 36.7. The quantitative estimate of drug-likeness (QED) is 0.0681. The van der Waals surface area contributed by atoms with Gasteiger partial charge in [-0.05, 0) is 145 Å². The highest BCUT2D eigenvalue weighted by atomic mass is 16.7. The van der Waals surface area contributed by atoms with Gasteiger partial charge in [-0.15, -0.1) is 0 Å². The van der Waals surface area contributed by atoms with Crippen LogP contribution >= 0.6 is 0 Å². The largest absolute Gasteiger partial charge is 0.507 e. The Hall–Kier alpha value is -10.9. The molecule has 0 atom stereocenters. The molecular weight excluding hydrogens is 1310 g/mol. The molecule has 0 amide bonds. The number of phenols is 8. The minimum Gasteiger partial charge on any atom is -0.507 e. The third kappa shape index (κ3) is 28.3. The van der Waals surface area contributed by atoms with E-state index in [2.05, 4.69) is 160 Å². The molecule has 13 nitrogen and oxygen atoms in total. The maximum absolute atomic E-state index is 9.38. The fourth-order valence-corrected chi connectivity index (χ4v) is 10.3. The Bertz CT molecular complexity index is 3830. The Morgan fingerprint density at radius 2 is 0.562 bits per heavy atom. The van der Waals surface area contributed by atoms with Crippen molar-refractivity contribution in [3.05, 3.63) is 259 Å². The topological polar surface area (TPSA) is 196 Å². The maximum atomic E-state index is 9.38. The highest BCUT2D eigenvalue weighted by Crippen LogP contribution is 2.39. The number of fused-ring (bicyclic) bond motifs is 5. The molecule has 12 aromatic carbocycles. The number of methoxy groups -OCH3 is 1. The van der Waals surface area contributed by atoms with Gasteiger partial charge in [-0.2, -0.15) is 0 Å². The number of phenolic OH excluding ortho intramolecular Hbond substituents is 8. The van der Waals surface area contributed by atoms with Crippen LogP contribution in [0.4, 0.5) is 11.4 Å². The Morgan fingerprint density at radius 3 is 0.790 bits per heavy atom. The zero-order chi connectivity index (χ0) is 78.7. The highest BCUT2D eigenvalue weighted by molar-refractivity contribution is 5.95. The molecule has 1 aliphatic heterocycles. The van der Waals surface area contributed by atoms with E-state index < -0.39 is 0 Å². The summed E-state index contributed by atoms with van der Waals surface area (Å²) in [6.45, 7) is 40.5. The van der Waals surface area contributed by atoms with Crippen molar-refractivity contribution in [2.45, 2.75) is 148 Å². The van der Waals surface area contributed by atoms with Gasteiger partial charge in [0.05, 0.1) is 7.11 Å². The van der Waals surface area contributed by atoms with Crippen LogP contribution in [-0.4, -0.2) is 81.9 Å². The summed E-state index contributed by atoms with van der Waals surface area (Å²) < 4.78 is 15.7. The van der Waals surface area contributed by atoms with E-state index in [1.807, 2.05) is 79.7 Å². The number of aromatic hydroxyl groups is 8. The van der Waals surface area contributed by atoms with Gasteiger partial charge in [0.25, 0.3) is 0 Å². The van der Waals surface area contributed by atoms with E-state index in [9.17, 15) is 40.9 Å². The van der Waals surface area contributed by atoms with Crippen LogP contribution in [0.2, 0.25) is 0 Å². The molecule has 105 heavy (non-hydrogen) atoms. The summed E-state index contributed by atoms with van der Waals surface area (Å²) >= 11 is 0. The summed E-state index contributed by atoms with van der Waals surface area (Å²) in [4.78, 5) is 4.48. The molecule has 13 rings (SSSR count). The lowest BCUT2D eigenvalue weighted by molar-refractivity contribution is 0.173. The van der Waals surface area contributed by atoms with Gasteiger partial charge in [-0.1, -0.05) is 256 Å². The van der Waals surface area contributed by atoms with Crippen molar-refractivity contribution in [3.63, 3.8) is 0 Å². The molecule has 0 radical (unpaired) electrons. The predicted molar refractivity (Wildman–Crippen MR) is 447 cm³/mol. The van der Waals surface area contributed by atoms with Crippen molar-refractivity contribution in [2.75, 3.05) is 50.9 Å². The average molecular weight is 1430 g/mol. The third-order valence-corrected chi connectivity index (χ3v) is 16.1. The van der Waals surface area contributed by atoms with Gasteiger partial charge < -0.3 is 64.9 Å². The molecule has 1 aliphatic rings. The molecule has 13 heteroatoms. The van der Waals surface area contributed by atoms with Gasteiger partial charge >= 0.3 is 0 Å². The molecule has 0 unspecified atom stereocenters. The van der Waals surface area contributed by atoms with Gasteiger partial charge in [-0.3, -0.25) is 0 Å². The number of hydrogen-bond donors (Lipinski definition) is 8. The van der Waals surface area contributed by atoms with Gasteiger partial charge in [0.15, 0.2) is 11.5 Å². The molecule has 0 fully saturated rings. The van der Waals surface area contributed by atoms with Crippen LogP contribution in [0.5, 0.6) is 63.2 Å². The predicted octanol–water partition coefficient (Wildman–Crippen LogP) is 25.0. The molecule has 0 saturated carbocycles. The molecular formula is C92H120N2O11. The molecule has 0 saturated heterocycles. The summed E-state index contributed by atoms with van der Waals surface area (Å²) in [5, 5.41) is 80.5. The SMILES string of the molecule is CC.CC.CC.CC.CC(C)c1ccc(N(C)C)cc1.CC(C)c1cccc2c1OCO2.CCN(CC)c1ccc(C(C)C)cc1.COc1ccc(C(C)C)cc1.Oc1cccc2c(O)cccc12.Oc1cccc2c(O)cccc12.Oc1cccc2c(O)cccc12.Oc1cccc2c(O)cccc12. The molecule has 0 bridgehead atoms. The summed E-state index contributed by atoms with van der Waals surface area (Å²) in [6, 6.07) is 72.4. The third-order valence-electron chi connectivity index (χ3n) is 16.1. The van der Waals surface area contributed by atoms with Crippen molar-refractivity contribution in [1.29, 1.82) is 0 Å². The molecule has 12 aromatic rings. The molecule has 0 aliphatic carbocycles. The van der Waals surface area contributed by atoms with Gasteiger partial charge in [0.1, 0.15) is 51.7 Å². The van der Waals surface area contributed by atoms with E-state index in [-0.39, 0.29) is 46.0 Å². The number of benzene rings is 12. The smallest absolute Gasteiger partial charge is 0.231 e. The van der Waals surface area contributed by atoms with Crippen LogP contribution in [0.1, 0.15) is 171 Å². The molecule has 1 heterocycles. The number of hydrogen-bond acceptors (Lipinski definition) is 13. The normalized spacial score (nSPS) is 10.2. The number of para-hydroxylation sites is 1. The van der Waals surface area contributed by atoms with E-state index in [0.717, 1.165) is 30.3 Å². The second kappa shape index (κ2) is 48.9. The highest BCUT2D eigenvalue weighted by Gasteiger charge is 2.18. The van der Waals surface area contributed by atoms with Crippen molar-refractivity contribution in [1.82, 2.24) is 0 Å². The first-order valence-electron chi connectivity index (χ1n) is 36.7. The maximum Gasteiger partial charge on any atom is 0.231 e. The minimum atomic E-state index is 0.198. The number of ether oxygens (including phenoxy) is 3. The number of anilines is 2. The first-order chi connectivity index (χ1) is 50.5. The lowest BCUT2D eigenvalue weighted by Gasteiger charge is -2.21. The fourth-order valence-electron chi connectivity index (χ4n) is 10.3. The summed E-state index contributed by atoms with van der Waals surface area (Å²) in [6.07, 6.45) is 0. The van der Waals surface area contributed by atoms with Gasteiger partial charge in [0.2, 0.25) is 6.79 Å². The van der Waals surface area contributed by atoms with E-state index >= 15 is 0 Å². The Balaban J connectivity index is 0.000000402. The standard InChI is InChI=1S/C13H21N.C11H17N.C10H12O2.4C10H8O2.C10H14O.4C2H6/c1-5-14(6-2)13-9-7-12(8-10-13)11(3)4;1-9(2)10-5-7-11(8-6-10)12(3)4;1-7(2)8-4-3-5-9-10(8)12-6-11-9;4*11-9-5-1-3-7-8(9)4-2-6-10(7)12;1-8(2)9-4-6-10(11-3)7-5-9;4*1-2/h7-11H,5-6H2,1-4H3;5-9H,1-4H3;3-5,7H,6H2,1-2H3;4*1-6,11-12H;4-8H,1-3H3;4*1-2H3. The molecule has 0 spiro atoms. The summed E-state index contributed by atoms with van der Waals surface area (Å²) in [7, 11) is 5.80. The summed E-state index contributed by atoms with van der Waals surface area (Å²) in [5.41, 5.74) is 8.00. The number of rotatable bonds is 9. The Kier molecular flexibility index (Phi) is 42.0. The van der Waals surface area contributed by atoms with E-state index in [4.69, 9.17) is 14.2 Å². The van der Waals surface area contributed by atoms with Crippen molar-refractivity contribution < 1.29 is 55.1 Å². The Labute approximate surface area is 627 Å². The lowest BCUT2D eigenvalue weighted by Crippen LogP contribution is -2.21. The van der Waals surface area contributed by atoms with E-state index in [1.165, 1.54) is 33.6 Å². The average Bonchev–Trinajstić information content (AvgIpc) is 1.55. The zero-order valence-electron chi connectivity index (χ0n) is 66.1.